The lowest BCUT2D eigenvalue weighted by Crippen LogP contribution is -2.40. The zero-order valence-corrected chi connectivity index (χ0v) is 16.2. The highest BCUT2D eigenvalue weighted by Gasteiger charge is 2.36. The van der Waals surface area contributed by atoms with Gasteiger partial charge in [-0.1, -0.05) is 11.8 Å². The molecule has 0 aromatic heterocycles. The highest BCUT2D eigenvalue weighted by atomic mass is 32.2. The number of hydrogen-bond donors (Lipinski definition) is 2. The van der Waals surface area contributed by atoms with Gasteiger partial charge in [0.15, 0.2) is 5.25 Å². The fraction of sp³-hybridized carbons (Fsp3) is 0.353. The quantitative estimate of drug-likeness (QED) is 0.516. The number of benzene rings is 1. The first-order valence-electron chi connectivity index (χ1n) is 8.44. The normalized spacial score (nSPS) is 21.2. The standard InChI is InChI=1S/C17H17FN4O6S/c1-8(23)19-6-10-7-22(17(26)28-10)9-3-4-11(12(18)5-9)15-21-20-14(24)13(29-15)16(25)27-2/h3-5,10,13H,6-7H2,1-2H3,(H,19,23)(H,20,24)/t10-,13?/m0/s1. The molecule has 1 aromatic rings. The summed E-state index contributed by atoms with van der Waals surface area (Å²) >= 11 is 0.766. The molecule has 2 aliphatic heterocycles. The van der Waals surface area contributed by atoms with Crippen LogP contribution in [0.4, 0.5) is 14.9 Å². The summed E-state index contributed by atoms with van der Waals surface area (Å²) in [7, 11) is 1.14. The minimum Gasteiger partial charge on any atom is -0.468 e. The maximum absolute atomic E-state index is 14.7. The van der Waals surface area contributed by atoms with Crippen molar-refractivity contribution in [2.24, 2.45) is 5.10 Å². The van der Waals surface area contributed by atoms with Crippen LogP contribution in [0.1, 0.15) is 12.5 Å². The average molecular weight is 424 g/mol. The molecule has 154 valence electrons. The van der Waals surface area contributed by atoms with Gasteiger partial charge in [-0.15, -0.1) is 0 Å². The molecule has 1 fully saturated rings. The van der Waals surface area contributed by atoms with Crippen molar-refractivity contribution in [3.63, 3.8) is 0 Å². The first kappa shape index (κ1) is 20.6. The fourth-order valence-corrected chi connectivity index (χ4v) is 3.65. The molecule has 1 unspecified atom stereocenters. The highest BCUT2D eigenvalue weighted by molar-refractivity contribution is 8.16. The van der Waals surface area contributed by atoms with Gasteiger partial charge in [0, 0.05) is 12.5 Å². The van der Waals surface area contributed by atoms with Crippen LogP contribution in [0.15, 0.2) is 23.3 Å². The lowest BCUT2D eigenvalue weighted by Gasteiger charge is -2.20. The van der Waals surface area contributed by atoms with Gasteiger partial charge in [0.25, 0.3) is 5.91 Å². The molecule has 29 heavy (non-hydrogen) atoms. The Morgan fingerprint density at radius 1 is 1.45 bits per heavy atom. The molecule has 0 aliphatic carbocycles. The smallest absolute Gasteiger partial charge is 0.414 e. The first-order valence-corrected chi connectivity index (χ1v) is 9.32. The molecule has 0 spiro atoms. The number of hydrazone groups is 1. The topological polar surface area (TPSA) is 126 Å². The van der Waals surface area contributed by atoms with Gasteiger partial charge in [0.05, 0.1) is 25.9 Å². The number of hydrogen-bond acceptors (Lipinski definition) is 8. The number of thioether (sulfide) groups is 1. The van der Waals surface area contributed by atoms with Crippen LogP contribution in [0.3, 0.4) is 0 Å². The Balaban J connectivity index is 1.75. The number of carbonyl (C=O) groups is 4. The molecule has 10 nitrogen and oxygen atoms in total. The molecule has 3 rings (SSSR count). The van der Waals surface area contributed by atoms with E-state index in [1.807, 2.05) is 0 Å². The second kappa shape index (κ2) is 8.47. The molecular weight excluding hydrogens is 407 g/mol. The maximum atomic E-state index is 14.7. The number of amides is 3. The first-order chi connectivity index (χ1) is 13.8. The lowest BCUT2D eigenvalue weighted by molar-refractivity contribution is -0.143. The number of nitrogens with one attached hydrogen (secondary N) is 2. The van der Waals surface area contributed by atoms with Crippen LogP contribution < -0.4 is 15.6 Å². The largest absolute Gasteiger partial charge is 0.468 e. The summed E-state index contributed by atoms with van der Waals surface area (Å²) in [6.07, 6.45) is -1.21. The van der Waals surface area contributed by atoms with E-state index in [2.05, 4.69) is 20.6 Å². The molecule has 0 saturated carbocycles. The Morgan fingerprint density at radius 2 is 2.21 bits per heavy atom. The van der Waals surface area contributed by atoms with Gasteiger partial charge in [-0.3, -0.25) is 19.3 Å². The number of cyclic esters (lactones) is 1. The fourth-order valence-electron chi connectivity index (χ4n) is 2.68. The van der Waals surface area contributed by atoms with E-state index in [1.54, 1.807) is 0 Å². The summed E-state index contributed by atoms with van der Waals surface area (Å²) < 4.78 is 24.4. The molecule has 2 atom stereocenters. The van der Waals surface area contributed by atoms with Crippen molar-refractivity contribution in [3.8, 4) is 0 Å². The van der Waals surface area contributed by atoms with Crippen LogP contribution in [0.2, 0.25) is 0 Å². The molecule has 0 bridgehead atoms. The van der Waals surface area contributed by atoms with Crippen molar-refractivity contribution in [3.05, 3.63) is 29.6 Å². The average Bonchev–Trinajstić information content (AvgIpc) is 3.07. The van der Waals surface area contributed by atoms with E-state index in [-0.39, 0.29) is 35.3 Å². The number of halogens is 1. The third-order valence-electron chi connectivity index (χ3n) is 4.10. The summed E-state index contributed by atoms with van der Waals surface area (Å²) in [5.41, 5.74) is 2.48. The number of methoxy groups -OCH3 is 1. The third-order valence-corrected chi connectivity index (χ3v) is 5.27. The number of esters is 1. The second-order valence-electron chi connectivity index (χ2n) is 6.13. The number of rotatable bonds is 5. The van der Waals surface area contributed by atoms with Crippen molar-refractivity contribution < 1.29 is 33.0 Å². The van der Waals surface area contributed by atoms with Crippen LogP contribution in [-0.2, 0) is 23.9 Å². The van der Waals surface area contributed by atoms with Crippen LogP contribution >= 0.6 is 11.8 Å². The molecule has 2 aliphatic rings. The van der Waals surface area contributed by atoms with Crippen LogP contribution in [0, 0.1) is 5.82 Å². The van der Waals surface area contributed by atoms with E-state index >= 15 is 0 Å². The van der Waals surface area contributed by atoms with Gasteiger partial charge in [0.1, 0.15) is 17.0 Å². The Kier molecular flexibility index (Phi) is 6.01. The van der Waals surface area contributed by atoms with Gasteiger partial charge < -0.3 is 14.8 Å². The molecular formula is C17H17FN4O6S. The van der Waals surface area contributed by atoms with Crippen molar-refractivity contribution in [2.45, 2.75) is 18.3 Å². The monoisotopic (exact) mass is 424 g/mol. The predicted molar refractivity (Wildman–Crippen MR) is 101 cm³/mol. The summed E-state index contributed by atoms with van der Waals surface area (Å²) in [5.74, 6) is -2.39. The van der Waals surface area contributed by atoms with Crippen molar-refractivity contribution in [1.82, 2.24) is 10.7 Å². The van der Waals surface area contributed by atoms with E-state index < -0.39 is 35.1 Å². The lowest BCUT2D eigenvalue weighted by atomic mass is 10.2. The van der Waals surface area contributed by atoms with E-state index in [0.717, 1.165) is 24.9 Å². The van der Waals surface area contributed by atoms with Crippen LogP contribution in [-0.4, -0.2) is 60.5 Å². The number of nitrogens with zero attached hydrogens (tertiary/aromatic N) is 2. The van der Waals surface area contributed by atoms with Crippen LogP contribution in [0.5, 0.6) is 0 Å². The molecule has 1 aromatic carbocycles. The Morgan fingerprint density at radius 3 is 2.86 bits per heavy atom. The molecule has 0 radical (unpaired) electrons. The maximum Gasteiger partial charge on any atom is 0.414 e. The molecule has 1 saturated heterocycles. The Hall–Kier alpha value is -3.15. The summed E-state index contributed by atoms with van der Waals surface area (Å²) in [4.78, 5) is 47.7. The van der Waals surface area contributed by atoms with E-state index in [0.29, 0.717) is 0 Å². The van der Waals surface area contributed by atoms with Crippen LogP contribution in [0.25, 0.3) is 0 Å². The third kappa shape index (κ3) is 4.47. The second-order valence-corrected chi connectivity index (χ2v) is 7.23. The summed E-state index contributed by atoms with van der Waals surface area (Å²) in [5, 5.41) is 5.24. The molecule has 3 amide bonds. The van der Waals surface area contributed by atoms with Crippen molar-refractivity contribution in [2.75, 3.05) is 25.1 Å². The van der Waals surface area contributed by atoms with Gasteiger partial charge in [-0.25, -0.2) is 14.6 Å². The highest BCUT2D eigenvalue weighted by Crippen LogP contribution is 2.29. The van der Waals surface area contributed by atoms with Crippen molar-refractivity contribution in [1.29, 1.82) is 0 Å². The summed E-state index contributed by atoms with van der Waals surface area (Å²) in [6, 6.07) is 4.01. The Bertz CT molecular complexity index is 908. The molecule has 12 heteroatoms. The zero-order chi connectivity index (χ0) is 21.1. The van der Waals surface area contributed by atoms with E-state index in [9.17, 15) is 23.6 Å². The van der Waals surface area contributed by atoms with E-state index in [4.69, 9.17) is 4.74 Å². The number of ether oxygens (including phenoxy) is 2. The number of anilines is 1. The zero-order valence-electron chi connectivity index (χ0n) is 15.4. The minimum atomic E-state index is -1.20. The van der Waals surface area contributed by atoms with Gasteiger partial charge in [-0.05, 0) is 18.2 Å². The van der Waals surface area contributed by atoms with Crippen molar-refractivity contribution >= 4 is 46.4 Å². The van der Waals surface area contributed by atoms with Gasteiger partial charge in [0.2, 0.25) is 5.91 Å². The SMILES string of the molecule is COC(=O)C1SC(c2ccc(N3C[C@H](CNC(C)=O)OC3=O)cc2F)=NNC1=O. The molecule has 2 heterocycles. The van der Waals surface area contributed by atoms with Gasteiger partial charge >= 0.3 is 12.1 Å². The number of carbonyl (C=O) groups excluding carboxylic acids is 4. The predicted octanol–water partition coefficient (Wildman–Crippen LogP) is 0.353. The Labute approximate surface area is 168 Å². The molecule has 2 N–H and O–H groups in total. The summed E-state index contributed by atoms with van der Waals surface area (Å²) in [6.45, 7) is 1.65. The van der Waals surface area contributed by atoms with E-state index in [1.165, 1.54) is 24.0 Å². The minimum absolute atomic E-state index is 0.0509. The van der Waals surface area contributed by atoms with Gasteiger partial charge in [-0.2, -0.15) is 5.10 Å².